The third-order valence-corrected chi connectivity index (χ3v) is 3.64. The Kier molecular flexibility index (Phi) is 3.91. The predicted octanol–water partition coefficient (Wildman–Crippen LogP) is 1.88. The van der Waals surface area contributed by atoms with Crippen LogP contribution in [-0.4, -0.2) is 25.0 Å². The van der Waals surface area contributed by atoms with E-state index in [4.69, 9.17) is 14.8 Å². The first-order valence-electron chi connectivity index (χ1n) is 6.46. The van der Waals surface area contributed by atoms with Gasteiger partial charge in [0.05, 0.1) is 12.0 Å². The fourth-order valence-electron chi connectivity index (χ4n) is 1.75. The molecule has 0 unspecified atom stereocenters. The lowest BCUT2D eigenvalue weighted by atomic mass is 10.3. The number of hydrogen-bond acceptors (Lipinski definition) is 8. The number of furan rings is 1. The predicted molar refractivity (Wildman–Crippen MR) is 75.7 cm³/mol. The molecule has 9 heteroatoms. The summed E-state index contributed by atoms with van der Waals surface area (Å²) in [7, 11) is 0. The normalized spacial score (nSPS) is 11.1. The first kappa shape index (κ1) is 13.7. The Morgan fingerprint density at radius 2 is 2.29 bits per heavy atom. The van der Waals surface area contributed by atoms with Crippen LogP contribution in [0.25, 0.3) is 11.6 Å². The highest BCUT2D eigenvalue weighted by Crippen LogP contribution is 2.24. The third-order valence-electron chi connectivity index (χ3n) is 2.71. The van der Waals surface area contributed by atoms with Gasteiger partial charge in [0.2, 0.25) is 16.9 Å². The van der Waals surface area contributed by atoms with E-state index >= 15 is 0 Å². The van der Waals surface area contributed by atoms with E-state index in [1.165, 1.54) is 16.4 Å². The molecule has 0 amide bonds. The molecule has 3 rings (SSSR count). The van der Waals surface area contributed by atoms with E-state index in [1.807, 2.05) is 0 Å². The molecule has 0 saturated heterocycles. The van der Waals surface area contributed by atoms with Crippen LogP contribution < -0.4 is 5.84 Å². The summed E-state index contributed by atoms with van der Waals surface area (Å²) in [4.78, 5) is 4.29. The van der Waals surface area contributed by atoms with E-state index in [2.05, 4.69) is 27.3 Å². The average Bonchev–Trinajstić information content (AvgIpc) is 3.18. The van der Waals surface area contributed by atoms with Gasteiger partial charge in [0, 0.05) is 6.42 Å². The van der Waals surface area contributed by atoms with Crippen molar-refractivity contribution >= 4 is 11.8 Å². The number of rotatable bonds is 6. The molecule has 0 atom stereocenters. The van der Waals surface area contributed by atoms with E-state index in [0.29, 0.717) is 28.4 Å². The van der Waals surface area contributed by atoms with Gasteiger partial charge in [0.15, 0.2) is 11.6 Å². The van der Waals surface area contributed by atoms with E-state index in [1.54, 1.807) is 18.4 Å². The van der Waals surface area contributed by atoms with Crippen molar-refractivity contribution in [2.45, 2.75) is 30.7 Å². The van der Waals surface area contributed by atoms with Crippen molar-refractivity contribution in [2.75, 3.05) is 5.84 Å². The molecule has 3 aromatic heterocycles. The summed E-state index contributed by atoms with van der Waals surface area (Å²) in [5, 5.41) is 12.5. The monoisotopic (exact) mass is 306 g/mol. The van der Waals surface area contributed by atoms with Gasteiger partial charge >= 0.3 is 0 Å². The van der Waals surface area contributed by atoms with Crippen molar-refractivity contribution in [3.05, 3.63) is 30.1 Å². The number of thioether (sulfide) groups is 1. The van der Waals surface area contributed by atoms with Gasteiger partial charge in [-0.3, -0.25) is 0 Å². The van der Waals surface area contributed by atoms with Crippen LogP contribution in [0.4, 0.5) is 0 Å². The fraction of sp³-hybridized carbons (Fsp3) is 0.333. The standard InChI is InChI=1S/C12H14N6O2S/c1-2-4-9-14-10(20-17-9)7-21-12-16-15-11(18(12)13)8-5-3-6-19-8/h3,5-6H,2,4,7,13H2,1H3. The number of hydrogen-bond donors (Lipinski definition) is 1. The molecule has 0 fully saturated rings. The minimum atomic E-state index is 0.472. The maximum atomic E-state index is 5.96. The Morgan fingerprint density at radius 1 is 1.38 bits per heavy atom. The van der Waals surface area contributed by atoms with Gasteiger partial charge in [0.25, 0.3) is 0 Å². The Balaban J connectivity index is 1.68. The van der Waals surface area contributed by atoms with Gasteiger partial charge in [0.1, 0.15) is 0 Å². The smallest absolute Gasteiger partial charge is 0.237 e. The molecule has 0 saturated carbocycles. The largest absolute Gasteiger partial charge is 0.461 e. The molecule has 0 aromatic carbocycles. The van der Waals surface area contributed by atoms with Crippen LogP contribution in [0.15, 0.2) is 32.5 Å². The van der Waals surface area contributed by atoms with Crippen LogP contribution in [0.2, 0.25) is 0 Å². The number of nitrogens with zero attached hydrogens (tertiary/aromatic N) is 5. The third kappa shape index (κ3) is 2.92. The van der Waals surface area contributed by atoms with Crippen molar-refractivity contribution in [2.24, 2.45) is 0 Å². The number of nitrogen functional groups attached to an aromatic ring is 1. The highest BCUT2D eigenvalue weighted by Gasteiger charge is 2.15. The van der Waals surface area contributed by atoms with Crippen LogP contribution in [0, 0.1) is 0 Å². The second-order valence-corrected chi connectivity index (χ2v) is 5.24. The summed E-state index contributed by atoms with van der Waals surface area (Å²) < 4.78 is 11.8. The molecule has 0 aliphatic rings. The number of aryl methyl sites for hydroxylation is 1. The van der Waals surface area contributed by atoms with Gasteiger partial charge in [-0.25, -0.2) is 4.68 Å². The lowest BCUT2D eigenvalue weighted by Gasteiger charge is -1.99. The molecular formula is C12H14N6O2S. The second-order valence-electron chi connectivity index (χ2n) is 4.30. The Hall–Kier alpha value is -2.29. The van der Waals surface area contributed by atoms with Crippen molar-refractivity contribution in [1.29, 1.82) is 0 Å². The van der Waals surface area contributed by atoms with Crippen molar-refractivity contribution in [3.8, 4) is 11.6 Å². The first-order valence-corrected chi connectivity index (χ1v) is 7.45. The van der Waals surface area contributed by atoms with E-state index in [-0.39, 0.29) is 0 Å². The molecule has 0 bridgehead atoms. The molecule has 2 N–H and O–H groups in total. The highest BCUT2D eigenvalue weighted by atomic mass is 32.2. The summed E-state index contributed by atoms with van der Waals surface area (Å²) in [5.74, 6) is 8.76. The maximum Gasteiger partial charge on any atom is 0.237 e. The minimum absolute atomic E-state index is 0.472. The van der Waals surface area contributed by atoms with Gasteiger partial charge in [-0.05, 0) is 18.6 Å². The number of nitrogens with two attached hydrogens (primary N) is 1. The molecule has 0 aliphatic carbocycles. The zero-order valence-electron chi connectivity index (χ0n) is 11.4. The summed E-state index contributed by atoms with van der Waals surface area (Å²) >= 11 is 1.38. The zero-order chi connectivity index (χ0) is 14.7. The zero-order valence-corrected chi connectivity index (χ0v) is 12.2. The number of aromatic nitrogens is 5. The quantitative estimate of drug-likeness (QED) is 0.543. The van der Waals surface area contributed by atoms with Gasteiger partial charge in [-0.2, -0.15) is 4.98 Å². The molecule has 21 heavy (non-hydrogen) atoms. The molecule has 3 heterocycles. The molecule has 8 nitrogen and oxygen atoms in total. The van der Waals surface area contributed by atoms with Crippen molar-refractivity contribution in [1.82, 2.24) is 25.0 Å². The molecule has 110 valence electrons. The van der Waals surface area contributed by atoms with Crippen molar-refractivity contribution in [3.63, 3.8) is 0 Å². The van der Waals surface area contributed by atoms with Crippen LogP contribution in [-0.2, 0) is 12.2 Å². The minimum Gasteiger partial charge on any atom is -0.461 e. The SMILES string of the molecule is CCCc1noc(CSc2nnc(-c3ccco3)n2N)n1. The summed E-state index contributed by atoms with van der Waals surface area (Å²) in [6, 6.07) is 3.54. The van der Waals surface area contributed by atoms with E-state index in [0.717, 1.165) is 18.7 Å². The Bertz CT molecular complexity index is 705. The lowest BCUT2D eigenvalue weighted by molar-refractivity contribution is 0.384. The Morgan fingerprint density at radius 3 is 3.05 bits per heavy atom. The van der Waals surface area contributed by atoms with E-state index in [9.17, 15) is 0 Å². The second kappa shape index (κ2) is 6.00. The molecule has 0 aliphatic heterocycles. The topological polar surface area (TPSA) is 109 Å². The van der Waals surface area contributed by atoms with Gasteiger partial charge in [-0.1, -0.05) is 23.8 Å². The fourth-order valence-corrected chi connectivity index (χ4v) is 2.44. The summed E-state index contributed by atoms with van der Waals surface area (Å²) in [6.07, 6.45) is 3.35. The van der Waals surface area contributed by atoms with Crippen LogP contribution >= 0.6 is 11.8 Å². The highest BCUT2D eigenvalue weighted by molar-refractivity contribution is 7.98. The molecule has 3 aromatic rings. The molecular weight excluding hydrogens is 292 g/mol. The van der Waals surface area contributed by atoms with Crippen molar-refractivity contribution < 1.29 is 8.94 Å². The lowest BCUT2D eigenvalue weighted by Crippen LogP contribution is -2.11. The summed E-state index contributed by atoms with van der Waals surface area (Å²) in [6.45, 7) is 2.07. The van der Waals surface area contributed by atoms with Crippen LogP contribution in [0.3, 0.4) is 0 Å². The summed E-state index contributed by atoms with van der Waals surface area (Å²) in [5.41, 5.74) is 0. The van der Waals surface area contributed by atoms with Crippen LogP contribution in [0.1, 0.15) is 25.1 Å². The molecule has 0 spiro atoms. The average molecular weight is 306 g/mol. The van der Waals surface area contributed by atoms with Gasteiger partial charge < -0.3 is 14.8 Å². The first-order chi connectivity index (χ1) is 10.3. The van der Waals surface area contributed by atoms with Crippen LogP contribution in [0.5, 0.6) is 0 Å². The Labute approximate surface area is 124 Å². The van der Waals surface area contributed by atoms with E-state index < -0.39 is 0 Å². The maximum absolute atomic E-state index is 5.96. The van der Waals surface area contributed by atoms with Gasteiger partial charge in [-0.15, -0.1) is 10.2 Å². The molecule has 0 radical (unpaired) electrons.